The maximum Gasteiger partial charge on any atom is 0.192 e. The largest absolute Gasteiger partial charge is 0.410 e. The van der Waals surface area contributed by atoms with E-state index in [0.29, 0.717) is 10.7 Å². The minimum atomic E-state index is -1.77. The predicted molar refractivity (Wildman–Crippen MR) is 95.2 cm³/mol. The van der Waals surface area contributed by atoms with E-state index >= 15 is 0 Å². The first-order chi connectivity index (χ1) is 10.7. The SMILES string of the molecule is CC(C)(C)[Si](C)(C)O[C@H]1C=C[C@H](n2cnc3c(Cl)ncnc32)C1. The monoisotopic (exact) mass is 350 g/mol. The van der Waals surface area contributed by atoms with E-state index in [1.165, 1.54) is 6.33 Å². The molecule has 0 saturated heterocycles. The van der Waals surface area contributed by atoms with Crippen molar-refractivity contribution in [3.63, 3.8) is 0 Å². The number of nitrogens with zero attached hydrogens (tertiary/aromatic N) is 4. The van der Waals surface area contributed by atoms with Crippen molar-refractivity contribution in [3.05, 3.63) is 30.0 Å². The number of halogens is 1. The fourth-order valence-corrected chi connectivity index (χ4v) is 4.02. The van der Waals surface area contributed by atoms with Crippen LogP contribution in [0.3, 0.4) is 0 Å². The molecule has 0 bridgehead atoms. The Morgan fingerprint density at radius 3 is 2.65 bits per heavy atom. The van der Waals surface area contributed by atoms with Crippen LogP contribution in [0.15, 0.2) is 24.8 Å². The minimum absolute atomic E-state index is 0.149. The fourth-order valence-electron chi connectivity index (χ4n) is 2.56. The molecule has 1 aliphatic carbocycles. The number of imidazole rings is 1. The quantitative estimate of drug-likeness (QED) is 0.468. The van der Waals surface area contributed by atoms with Crippen molar-refractivity contribution in [1.29, 1.82) is 0 Å². The summed E-state index contributed by atoms with van der Waals surface area (Å²) in [6.45, 7) is 11.4. The summed E-state index contributed by atoms with van der Waals surface area (Å²) >= 11 is 6.08. The van der Waals surface area contributed by atoms with Crippen LogP contribution in [0.1, 0.15) is 33.2 Å². The molecular formula is C16H23ClN4OSi. The molecule has 124 valence electrons. The van der Waals surface area contributed by atoms with Gasteiger partial charge in [0, 0.05) is 6.42 Å². The summed E-state index contributed by atoms with van der Waals surface area (Å²) in [4.78, 5) is 12.6. The lowest BCUT2D eigenvalue weighted by Gasteiger charge is -2.38. The standard InChI is InChI=1S/C16H23ClN4OSi/c1-16(2,3)23(4,5)22-12-7-6-11(8-12)21-10-20-13-14(17)18-9-19-15(13)21/h6-7,9-12H,8H2,1-5H3/t11-,12-/m0/s1. The molecule has 0 aliphatic heterocycles. The first-order valence-corrected chi connectivity index (χ1v) is 11.2. The Morgan fingerprint density at radius 1 is 1.22 bits per heavy atom. The predicted octanol–water partition coefficient (Wildman–Crippen LogP) is 4.37. The van der Waals surface area contributed by atoms with Crippen molar-refractivity contribution in [2.45, 2.75) is 57.5 Å². The van der Waals surface area contributed by atoms with Crippen LogP contribution in [0.25, 0.3) is 11.2 Å². The van der Waals surface area contributed by atoms with Crippen molar-refractivity contribution in [3.8, 4) is 0 Å². The Morgan fingerprint density at radius 2 is 1.96 bits per heavy atom. The van der Waals surface area contributed by atoms with Gasteiger partial charge in [0.1, 0.15) is 11.8 Å². The highest BCUT2D eigenvalue weighted by molar-refractivity contribution is 6.74. The maximum atomic E-state index is 6.49. The first-order valence-electron chi connectivity index (χ1n) is 7.88. The van der Waals surface area contributed by atoms with Gasteiger partial charge in [-0.2, -0.15) is 0 Å². The number of aromatic nitrogens is 4. The number of fused-ring (bicyclic) bond motifs is 1. The molecule has 0 N–H and O–H groups in total. The molecule has 2 heterocycles. The highest BCUT2D eigenvalue weighted by atomic mass is 35.5. The van der Waals surface area contributed by atoms with Crippen LogP contribution in [-0.2, 0) is 4.43 Å². The molecule has 0 aromatic carbocycles. The van der Waals surface area contributed by atoms with Gasteiger partial charge < -0.3 is 8.99 Å². The molecule has 3 rings (SSSR count). The third-order valence-electron chi connectivity index (χ3n) is 4.95. The van der Waals surface area contributed by atoms with E-state index in [4.69, 9.17) is 16.0 Å². The Hall–Kier alpha value is -1.24. The highest BCUT2D eigenvalue weighted by Gasteiger charge is 2.40. The second kappa shape index (κ2) is 5.68. The normalized spacial score (nSPS) is 22.2. The van der Waals surface area contributed by atoms with E-state index in [0.717, 1.165) is 12.1 Å². The molecule has 0 spiro atoms. The van der Waals surface area contributed by atoms with Crippen LogP contribution in [0.4, 0.5) is 0 Å². The van der Waals surface area contributed by atoms with Crippen LogP contribution >= 0.6 is 11.6 Å². The zero-order valence-electron chi connectivity index (χ0n) is 14.2. The summed E-state index contributed by atoms with van der Waals surface area (Å²) in [5.74, 6) is 0. The van der Waals surface area contributed by atoms with Crippen molar-refractivity contribution in [2.75, 3.05) is 0 Å². The van der Waals surface area contributed by atoms with Gasteiger partial charge >= 0.3 is 0 Å². The van der Waals surface area contributed by atoms with Gasteiger partial charge in [0.25, 0.3) is 0 Å². The summed E-state index contributed by atoms with van der Waals surface area (Å²) < 4.78 is 8.54. The van der Waals surface area contributed by atoms with E-state index in [2.05, 4.69) is 61.0 Å². The molecule has 0 amide bonds. The topological polar surface area (TPSA) is 52.8 Å². The van der Waals surface area contributed by atoms with Crippen molar-refractivity contribution < 1.29 is 4.43 Å². The Balaban J connectivity index is 1.78. The highest BCUT2D eigenvalue weighted by Crippen LogP contribution is 2.39. The van der Waals surface area contributed by atoms with Gasteiger partial charge in [-0.25, -0.2) is 15.0 Å². The maximum absolute atomic E-state index is 6.49. The van der Waals surface area contributed by atoms with Gasteiger partial charge in [0.2, 0.25) is 0 Å². The van der Waals surface area contributed by atoms with E-state index in [9.17, 15) is 0 Å². The Kier molecular flexibility index (Phi) is 4.10. The number of allylic oxidation sites excluding steroid dienone is 1. The van der Waals surface area contributed by atoms with Crippen LogP contribution < -0.4 is 0 Å². The summed E-state index contributed by atoms with van der Waals surface area (Å²) in [5, 5.41) is 0.603. The third kappa shape index (κ3) is 3.07. The number of hydrogen-bond donors (Lipinski definition) is 0. The summed E-state index contributed by atoms with van der Waals surface area (Å²) in [6, 6.07) is 0.195. The van der Waals surface area contributed by atoms with Gasteiger partial charge in [0.15, 0.2) is 19.1 Å². The number of rotatable bonds is 3. The molecule has 2 aromatic rings. The fraction of sp³-hybridized carbons (Fsp3) is 0.562. The second-order valence-electron chi connectivity index (χ2n) is 7.59. The van der Waals surface area contributed by atoms with Crippen LogP contribution in [0.2, 0.25) is 23.3 Å². The lowest BCUT2D eigenvalue weighted by Crippen LogP contribution is -2.43. The van der Waals surface area contributed by atoms with E-state index < -0.39 is 8.32 Å². The third-order valence-corrected chi connectivity index (χ3v) is 9.73. The molecule has 2 atom stereocenters. The van der Waals surface area contributed by atoms with E-state index in [1.807, 2.05) is 4.57 Å². The molecule has 1 aliphatic rings. The lowest BCUT2D eigenvalue weighted by molar-refractivity contribution is 0.213. The van der Waals surface area contributed by atoms with Crippen LogP contribution in [-0.4, -0.2) is 33.9 Å². The summed E-state index contributed by atoms with van der Waals surface area (Å²) in [5.41, 5.74) is 1.42. The molecule has 5 nitrogen and oxygen atoms in total. The van der Waals surface area contributed by atoms with Crippen molar-refractivity contribution in [2.24, 2.45) is 0 Å². The minimum Gasteiger partial charge on any atom is -0.410 e. The second-order valence-corrected chi connectivity index (χ2v) is 12.7. The average Bonchev–Trinajstić information content (AvgIpc) is 3.04. The molecule has 0 fully saturated rings. The smallest absolute Gasteiger partial charge is 0.192 e. The molecule has 23 heavy (non-hydrogen) atoms. The van der Waals surface area contributed by atoms with Gasteiger partial charge in [-0.05, 0) is 18.1 Å². The van der Waals surface area contributed by atoms with Gasteiger partial charge in [-0.3, -0.25) is 0 Å². The summed E-state index contributed by atoms with van der Waals surface area (Å²) in [6.07, 6.45) is 8.66. The van der Waals surface area contributed by atoms with Crippen molar-refractivity contribution >= 4 is 31.1 Å². The molecule has 7 heteroatoms. The molecule has 0 radical (unpaired) electrons. The van der Waals surface area contributed by atoms with Crippen LogP contribution in [0, 0.1) is 0 Å². The van der Waals surface area contributed by atoms with Gasteiger partial charge in [0.05, 0.1) is 18.5 Å². The number of hydrogen-bond acceptors (Lipinski definition) is 4. The lowest BCUT2D eigenvalue weighted by atomic mass is 10.2. The molecule has 0 saturated carbocycles. The molecule has 2 aromatic heterocycles. The van der Waals surface area contributed by atoms with Gasteiger partial charge in [-0.15, -0.1) is 0 Å². The molecular weight excluding hydrogens is 328 g/mol. The van der Waals surface area contributed by atoms with Crippen LogP contribution in [0.5, 0.6) is 0 Å². The van der Waals surface area contributed by atoms with Crippen molar-refractivity contribution in [1.82, 2.24) is 19.5 Å². The average molecular weight is 351 g/mol. The Labute approximate surface area is 142 Å². The van der Waals surface area contributed by atoms with E-state index in [-0.39, 0.29) is 17.2 Å². The Bertz CT molecular complexity index is 750. The van der Waals surface area contributed by atoms with Gasteiger partial charge in [-0.1, -0.05) is 44.5 Å². The zero-order valence-corrected chi connectivity index (χ0v) is 16.0. The first kappa shape index (κ1) is 16.6. The van der Waals surface area contributed by atoms with E-state index in [1.54, 1.807) is 6.33 Å². The summed E-state index contributed by atoms with van der Waals surface area (Å²) in [7, 11) is -1.77. The molecule has 0 unspecified atom stereocenters. The zero-order chi connectivity index (χ0) is 16.8.